The minimum Gasteiger partial charge on any atom is -0.493 e. The first-order chi connectivity index (χ1) is 8.65. The van der Waals surface area contributed by atoms with E-state index < -0.39 is 6.10 Å². The lowest BCUT2D eigenvalue weighted by molar-refractivity contribution is 0.109. The molecule has 1 aromatic rings. The first-order valence-corrected chi connectivity index (χ1v) is 6.55. The lowest BCUT2D eigenvalue weighted by Crippen LogP contribution is -2.09. The summed E-state index contributed by atoms with van der Waals surface area (Å²) < 4.78 is 10.5. The largest absolute Gasteiger partial charge is 0.493 e. The van der Waals surface area contributed by atoms with E-state index in [-0.39, 0.29) is 0 Å². The van der Waals surface area contributed by atoms with Gasteiger partial charge in [-0.15, -0.1) is 0 Å². The second kappa shape index (κ2) is 5.61. The van der Waals surface area contributed by atoms with Gasteiger partial charge in [-0.2, -0.15) is 0 Å². The summed E-state index contributed by atoms with van der Waals surface area (Å²) in [4.78, 5) is 0. The van der Waals surface area contributed by atoms with Crippen molar-refractivity contribution in [1.29, 1.82) is 0 Å². The average molecular weight is 250 g/mol. The van der Waals surface area contributed by atoms with Crippen molar-refractivity contribution in [2.24, 2.45) is 11.8 Å². The van der Waals surface area contributed by atoms with Crippen molar-refractivity contribution < 1.29 is 14.6 Å². The monoisotopic (exact) mass is 250 g/mol. The molecular formula is C15H22O3. The van der Waals surface area contributed by atoms with Crippen molar-refractivity contribution in [2.45, 2.75) is 32.3 Å². The van der Waals surface area contributed by atoms with Gasteiger partial charge in [-0.25, -0.2) is 0 Å². The van der Waals surface area contributed by atoms with E-state index in [1.165, 1.54) is 6.42 Å². The van der Waals surface area contributed by atoms with Crippen LogP contribution in [0.4, 0.5) is 0 Å². The van der Waals surface area contributed by atoms with Gasteiger partial charge in [-0.1, -0.05) is 19.4 Å². The second-order valence-electron chi connectivity index (χ2n) is 5.24. The summed E-state index contributed by atoms with van der Waals surface area (Å²) >= 11 is 0. The Morgan fingerprint density at radius 3 is 2.44 bits per heavy atom. The van der Waals surface area contributed by atoms with Crippen molar-refractivity contribution in [1.82, 2.24) is 0 Å². The molecule has 0 spiro atoms. The third-order valence-electron chi connectivity index (χ3n) is 3.93. The maximum Gasteiger partial charge on any atom is 0.161 e. The summed E-state index contributed by atoms with van der Waals surface area (Å²) in [5.41, 5.74) is 0.923. The van der Waals surface area contributed by atoms with Gasteiger partial charge in [0.1, 0.15) is 0 Å². The van der Waals surface area contributed by atoms with E-state index in [2.05, 4.69) is 6.92 Å². The SMILES string of the molecule is COc1ccc(C(O)C2CCC(C)C2)cc1OC. The fourth-order valence-corrected chi connectivity index (χ4v) is 2.85. The molecular weight excluding hydrogens is 228 g/mol. The normalized spacial score (nSPS) is 24.9. The molecule has 2 rings (SSSR count). The van der Waals surface area contributed by atoms with Gasteiger partial charge in [0, 0.05) is 0 Å². The van der Waals surface area contributed by atoms with Gasteiger partial charge in [0.25, 0.3) is 0 Å². The van der Waals surface area contributed by atoms with Crippen LogP contribution in [0.25, 0.3) is 0 Å². The molecule has 1 fully saturated rings. The van der Waals surface area contributed by atoms with E-state index >= 15 is 0 Å². The summed E-state index contributed by atoms with van der Waals surface area (Å²) in [5.74, 6) is 2.48. The first kappa shape index (κ1) is 13.2. The Morgan fingerprint density at radius 2 is 1.89 bits per heavy atom. The standard InChI is InChI=1S/C15H22O3/c1-10-4-5-11(8-10)15(16)12-6-7-13(17-2)14(9-12)18-3/h6-7,9-11,15-16H,4-5,8H2,1-3H3. The minimum atomic E-state index is -0.394. The van der Waals surface area contributed by atoms with E-state index in [1.54, 1.807) is 14.2 Å². The lowest BCUT2D eigenvalue weighted by Gasteiger charge is -2.19. The third-order valence-corrected chi connectivity index (χ3v) is 3.93. The quantitative estimate of drug-likeness (QED) is 0.892. The summed E-state index contributed by atoms with van der Waals surface area (Å²) in [6.45, 7) is 2.25. The minimum absolute atomic E-state index is 0.373. The summed E-state index contributed by atoms with van der Waals surface area (Å²) in [6, 6.07) is 5.66. The molecule has 1 N–H and O–H groups in total. The predicted octanol–water partition coefficient (Wildman–Crippen LogP) is 3.17. The zero-order chi connectivity index (χ0) is 13.1. The van der Waals surface area contributed by atoms with Crippen molar-refractivity contribution in [3.8, 4) is 11.5 Å². The van der Waals surface area contributed by atoms with Crippen LogP contribution in [0.3, 0.4) is 0 Å². The zero-order valence-corrected chi connectivity index (χ0v) is 11.3. The highest BCUT2D eigenvalue weighted by Gasteiger charge is 2.28. The van der Waals surface area contributed by atoms with Crippen LogP contribution in [0.5, 0.6) is 11.5 Å². The highest BCUT2D eigenvalue weighted by Crippen LogP contribution is 2.40. The van der Waals surface area contributed by atoms with Gasteiger partial charge in [0.2, 0.25) is 0 Å². The van der Waals surface area contributed by atoms with Gasteiger partial charge >= 0.3 is 0 Å². The molecule has 3 unspecified atom stereocenters. The molecule has 0 aromatic heterocycles. The Kier molecular flexibility index (Phi) is 4.12. The summed E-state index contributed by atoms with van der Waals surface area (Å²) in [6.07, 6.45) is 3.04. The average Bonchev–Trinajstić information content (AvgIpc) is 2.83. The maximum absolute atomic E-state index is 10.4. The number of rotatable bonds is 4. The Labute approximate surface area is 109 Å². The maximum atomic E-state index is 10.4. The molecule has 1 aliphatic carbocycles. The number of benzene rings is 1. The molecule has 3 heteroatoms. The Morgan fingerprint density at radius 1 is 1.17 bits per heavy atom. The van der Waals surface area contributed by atoms with Gasteiger partial charge in [-0.3, -0.25) is 0 Å². The number of methoxy groups -OCH3 is 2. The lowest BCUT2D eigenvalue weighted by atomic mass is 9.93. The second-order valence-corrected chi connectivity index (χ2v) is 5.24. The highest BCUT2D eigenvalue weighted by molar-refractivity contribution is 5.43. The molecule has 0 aliphatic heterocycles. The van der Waals surface area contributed by atoms with Crippen LogP contribution in [0.15, 0.2) is 18.2 Å². The van der Waals surface area contributed by atoms with Crippen LogP contribution in [0.2, 0.25) is 0 Å². The van der Waals surface area contributed by atoms with Gasteiger partial charge < -0.3 is 14.6 Å². The van der Waals surface area contributed by atoms with Crippen LogP contribution in [0.1, 0.15) is 37.9 Å². The predicted molar refractivity (Wildman–Crippen MR) is 71.0 cm³/mol. The Balaban J connectivity index is 2.17. The van der Waals surface area contributed by atoms with Gasteiger partial charge in [0.15, 0.2) is 11.5 Å². The molecule has 3 nitrogen and oxygen atoms in total. The molecule has 0 bridgehead atoms. The molecule has 18 heavy (non-hydrogen) atoms. The Hall–Kier alpha value is -1.22. The van der Waals surface area contributed by atoms with Crippen LogP contribution < -0.4 is 9.47 Å². The third kappa shape index (κ3) is 2.61. The number of hydrogen-bond donors (Lipinski definition) is 1. The summed E-state index contributed by atoms with van der Waals surface area (Å²) in [5, 5.41) is 10.4. The van der Waals surface area contributed by atoms with E-state index in [0.717, 1.165) is 24.3 Å². The molecule has 1 aromatic carbocycles. The number of hydrogen-bond acceptors (Lipinski definition) is 3. The van der Waals surface area contributed by atoms with Crippen LogP contribution in [-0.4, -0.2) is 19.3 Å². The number of aliphatic hydroxyl groups is 1. The number of aliphatic hydroxyl groups excluding tert-OH is 1. The topological polar surface area (TPSA) is 38.7 Å². The number of ether oxygens (including phenoxy) is 2. The fraction of sp³-hybridized carbons (Fsp3) is 0.600. The summed E-state index contributed by atoms with van der Waals surface area (Å²) in [7, 11) is 3.23. The molecule has 100 valence electrons. The fourth-order valence-electron chi connectivity index (χ4n) is 2.85. The highest BCUT2D eigenvalue weighted by atomic mass is 16.5. The molecule has 3 atom stereocenters. The van der Waals surface area contributed by atoms with E-state index in [0.29, 0.717) is 17.4 Å². The van der Waals surface area contributed by atoms with Crippen molar-refractivity contribution in [3.05, 3.63) is 23.8 Å². The van der Waals surface area contributed by atoms with Gasteiger partial charge in [-0.05, 0) is 42.4 Å². The zero-order valence-electron chi connectivity index (χ0n) is 11.3. The van der Waals surface area contributed by atoms with Crippen LogP contribution in [-0.2, 0) is 0 Å². The van der Waals surface area contributed by atoms with Crippen molar-refractivity contribution >= 4 is 0 Å². The molecule has 0 heterocycles. The Bertz CT molecular complexity index is 403. The first-order valence-electron chi connectivity index (χ1n) is 6.55. The molecule has 0 amide bonds. The van der Waals surface area contributed by atoms with Gasteiger partial charge in [0.05, 0.1) is 20.3 Å². The van der Waals surface area contributed by atoms with E-state index in [1.807, 2.05) is 18.2 Å². The molecule has 1 saturated carbocycles. The smallest absolute Gasteiger partial charge is 0.161 e. The van der Waals surface area contributed by atoms with Crippen LogP contribution >= 0.6 is 0 Å². The van der Waals surface area contributed by atoms with E-state index in [9.17, 15) is 5.11 Å². The molecule has 0 radical (unpaired) electrons. The molecule has 0 saturated heterocycles. The van der Waals surface area contributed by atoms with Crippen LogP contribution in [0, 0.1) is 11.8 Å². The molecule has 1 aliphatic rings. The van der Waals surface area contributed by atoms with E-state index in [4.69, 9.17) is 9.47 Å². The van der Waals surface area contributed by atoms with Crippen molar-refractivity contribution in [3.63, 3.8) is 0 Å². The van der Waals surface area contributed by atoms with Crippen molar-refractivity contribution in [2.75, 3.05) is 14.2 Å².